The largest absolute Gasteiger partial charge is 0.507 e. The summed E-state index contributed by atoms with van der Waals surface area (Å²) in [5, 5.41) is 345. The highest BCUT2D eigenvalue weighted by Gasteiger charge is 2.29. The molecule has 0 saturated carbocycles. The first-order valence-electron chi connectivity index (χ1n) is 36.8. The smallest absolute Gasteiger partial charge is 0.205 e. The maximum Gasteiger partial charge on any atom is 0.205 e. The van der Waals surface area contributed by atoms with Crippen molar-refractivity contribution in [3.8, 4) is 213 Å². The zero-order valence-electron chi connectivity index (χ0n) is 67.5. The number of phenolic OH excluding ortho intramolecular Hbond substituents is 37. The van der Waals surface area contributed by atoms with Gasteiger partial charge in [-0.25, -0.2) is 0 Å². The SMILES string of the molecule is O=C(c1cc(O)c(O)c(O)c1)c1cc(O)c(O)cc1O.O=C(c1cc(O)c(O)c(O)c1)c1cccc(O)c1O.O=C(c1ccc(O)c(O)c1)c1c(O)ccc(O)c1O.O=C(c1ccc(O)c(O)c1)c1cc(O)c(O)c(O)c1.O=C(c1ccc(O)c(O)c1)c1cc(O)c(O)c(O)c1O.O=C(c1ccc(O)c(O)c1)c1cc(O)c(O)cc1O.O=C(c1cccc(O)c1O)c1ccc(O)c(O)c1O. The molecular weight excluding hydrogens is 1800 g/mol. The number of ketones is 7. The van der Waals surface area contributed by atoms with Crippen LogP contribution < -0.4 is 0 Å². The highest BCUT2D eigenvalue weighted by molar-refractivity contribution is 6.16. The van der Waals surface area contributed by atoms with Gasteiger partial charge in [0.2, 0.25) is 28.8 Å². The van der Waals surface area contributed by atoms with Crippen LogP contribution in [0.15, 0.2) is 200 Å². The Bertz CT molecular complexity index is 6980. The molecule has 0 unspecified atom stereocenters. The minimum absolute atomic E-state index is 0.00990. The maximum atomic E-state index is 12.1. The van der Waals surface area contributed by atoms with Crippen molar-refractivity contribution in [1.82, 2.24) is 0 Å². The molecule has 0 aliphatic rings. The second-order valence-electron chi connectivity index (χ2n) is 27.4. The van der Waals surface area contributed by atoms with Crippen molar-refractivity contribution in [2.24, 2.45) is 0 Å². The standard InChI is InChI=1S/2C13H10O7.5C13H10O6/c14-7-4-9(16)8(15)3-6(7)12(19)5-1-10(17)13(20)11(18)2-5;14-7-2-1-5(3-8(7)15)10(17)6-4-9(16)12(19)13(20)11(6)18;14-8-2-1-6(3-10(8)16)13(19)7-4-11(17)12(18)5-9(7)15;14-8-2-1-6(3-9(8)15)12(18)7-4-10(16)13(19)11(17)5-7;14-7-2-1-6(5-10(7)17)12(18)11-8(15)3-4-9(16)13(11)19;14-8-3-1-2-7(12(8)18)11(17)6-4-9(15)13(19)10(16)5-6;14-8-3-1-2-6(11(8)17)10(16)7-4-5-9(15)13(19)12(7)18/h1-4,14-18,20H;1-4,14-16,18-20H;1-5,14-18H;2*1-5,14-17,19H;1-5,14-16,18-19H;1-5,14-15,17-19H. The summed E-state index contributed by atoms with van der Waals surface area (Å²) in [5.41, 5.74) is -2.80. The lowest BCUT2D eigenvalue weighted by Crippen LogP contribution is -2.02. The Kier molecular flexibility index (Phi) is 30.5. The molecule has 698 valence electrons. The van der Waals surface area contributed by atoms with Crippen LogP contribution in [0.1, 0.15) is 111 Å². The number of hydrogen-bond donors (Lipinski definition) is 37. The number of carbonyl (C=O) groups is 7. The van der Waals surface area contributed by atoms with Crippen molar-refractivity contribution in [3.63, 3.8) is 0 Å². The molecule has 14 aromatic carbocycles. The molecule has 0 saturated heterocycles. The van der Waals surface area contributed by atoms with Crippen LogP contribution in [-0.2, 0) is 0 Å². The Morgan fingerprint density at radius 1 is 0.119 bits per heavy atom. The van der Waals surface area contributed by atoms with E-state index in [1.807, 2.05) is 0 Å². The first-order valence-corrected chi connectivity index (χ1v) is 36.8. The molecule has 14 aromatic rings. The monoisotopic (exact) mass is 1870 g/mol. The van der Waals surface area contributed by atoms with Gasteiger partial charge in [0.25, 0.3) is 0 Å². The first-order chi connectivity index (χ1) is 63.2. The highest BCUT2D eigenvalue weighted by atomic mass is 16.4. The van der Waals surface area contributed by atoms with Crippen LogP contribution in [0.4, 0.5) is 0 Å². The minimum Gasteiger partial charge on any atom is -0.507 e. The van der Waals surface area contributed by atoms with Crippen molar-refractivity contribution in [2.45, 2.75) is 0 Å². The summed E-state index contributed by atoms with van der Waals surface area (Å²) in [5.74, 6) is -28.3. The fourth-order valence-corrected chi connectivity index (χ4v) is 11.2. The molecule has 44 heteroatoms. The normalized spacial score (nSPS) is 10.3. The van der Waals surface area contributed by atoms with E-state index in [0.29, 0.717) is 0 Å². The molecule has 0 bridgehead atoms. The first kappa shape index (κ1) is 99.8. The molecule has 0 aromatic heterocycles. The fourth-order valence-electron chi connectivity index (χ4n) is 11.2. The van der Waals surface area contributed by atoms with E-state index in [-0.39, 0.29) is 78.3 Å². The predicted molar refractivity (Wildman–Crippen MR) is 456 cm³/mol. The van der Waals surface area contributed by atoms with E-state index in [4.69, 9.17) is 35.7 Å². The third kappa shape index (κ3) is 22.6. The Morgan fingerprint density at radius 3 is 0.719 bits per heavy atom. The van der Waals surface area contributed by atoms with Crippen molar-refractivity contribution in [2.75, 3.05) is 0 Å². The number of carbonyl (C=O) groups excluding carboxylic acids is 7. The molecule has 0 radical (unpaired) electrons. The average Bonchev–Trinajstić information content (AvgIpc) is 0.789. The van der Waals surface area contributed by atoms with Gasteiger partial charge in [-0.1, -0.05) is 12.1 Å². The van der Waals surface area contributed by atoms with Gasteiger partial charge in [0.05, 0.1) is 33.4 Å². The Hall–Kier alpha value is -20.6. The van der Waals surface area contributed by atoms with Crippen molar-refractivity contribution >= 4 is 40.5 Å². The quantitative estimate of drug-likeness (QED) is 0.0273. The van der Waals surface area contributed by atoms with Gasteiger partial charge in [0.1, 0.15) is 22.8 Å². The number of rotatable bonds is 14. The molecule has 0 amide bonds. The van der Waals surface area contributed by atoms with Crippen LogP contribution in [0, 0.1) is 0 Å². The number of phenols is 37. The summed E-state index contributed by atoms with van der Waals surface area (Å²) in [6.07, 6.45) is 0. The average molecular weight is 1870 g/mol. The molecule has 0 spiro atoms. The Balaban J connectivity index is 0.000000194. The van der Waals surface area contributed by atoms with Crippen molar-refractivity contribution in [3.05, 3.63) is 278 Å². The van der Waals surface area contributed by atoms with Crippen LogP contribution in [0.2, 0.25) is 0 Å². The molecular formula is C91H70O44. The van der Waals surface area contributed by atoms with E-state index in [1.54, 1.807) is 0 Å². The van der Waals surface area contributed by atoms with Crippen LogP contribution in [0.25, 0.3) is 0 Å². The molecule has 0 aliphatic heterocycles. The van der Waals surface area contributed by atoms with Crippen molar-refractivity contribution in [1.29, 1.82) is 0 Å². The summed E-state index contributed by atoms with van der Waals surface area (Å²) >= 11 is 0. The predicted octanol–water partition coefficient (Wildman–Crippen LogP) is 9.53. The topological polar surface area (TPSA) is 868 Å². The number of para-hydroxylation sites is 2. The maximum absolute atomic E-state index is 12.1. The van der Waals surface area contributed by atoms with Gasteiger partial charge in [-0.05, 0) is 176 Å². The summed E-state index contributed by atoms with van der Waals surface area (Å²) in [4.78, 5) is 84.5. The molecule has 44 nitrogen and oxygen atoms in total. The Labute approximate surface area is 750 Å². The lowest BCUT2D eigenvalue weighted by Gasteiger charge is -2.09. The number of benzene rings is 14. The van der Waals surface area contributed by atoms with Crippen LogP contribution in [0.5, 0.6) is 213 Å². The number of aromatic hydroxyl groups is 37. The van der Waals surface area contributed by atoms with Gasteiger partial charge in [0, 0.05) is 51.1 Å². The zero-order chi connectivity index (χ0) is 101. The molecule has 0 atom stereocenters. The molecule has 14 rings (SSSR count). The third-order valence-electron chi connectivity index (χ3n) is 18.3. The fraction of sp³-hybridized carbons (Fsp3) is 0. The van der Waals surface area contributed by atoms with Gasteiger partial charge in [-0.2, -0.15) is 0 Å². The lowest BCUT2D eigenvalue weighted by atomic mass is 10.0. The van der Waals surface area contributed by atoms with Crippen LogP contribution >= 0.6 is 0 Å². The van der Waals surface area contributed by atoms with Crippen LogP contribution in [0.3, 0.4) is 0 Å². The van der Waals surface area contributed by atoms with E-state index >= 15 is 0 Å². The van der Waals surface area contributed by atoms with Gasteiger partial charge in [0.15, 0.2) is 207 Å². The van der Waals surface area contributed by atoms with E-state index < -0.39 is 253 Å². The highest BCUT2D eigenvalue weighted by Crippen LogP contribution is 2.48. The van der Waals surface area contributed by atoms with Crippen molar-refractivity contribution < 1.29 is 223 Å². The Morgan fingerprint density at radius 2 is 0.348 bits per heavy atom. The van der Waals surface area contributed by atoms with Gasteiger partial charge in [-0.15, -0.1) is 0 Å². The van der Waals surface area contributed by atoms with E-state index in [2.05, 4.69) is 0 Å². The summed E-state index contributed by atoms with van der Waals surface area (Å²) < 4.78 is 0. The lowest BCUT2D eigenvalue weighted by molar-refractivity contribution is 0.102. The second kappa shape index (κ2) is 41.2. The van der Waals surface area contributed by atoms with E-state index in [0.717, 1.165) is 140 Å². The third-order valence-corrected chi connectivity index (χ3v) is 18.3. The van der Waals surface area contributed by atoms with E-state index in [1.165, 1.54) is 60.7 Å². The van der Waals surface area contributed by atoms with E-state index in [9.17, 15) is 187 Å². The van der Waals surface area contributed by atoms with Gasteiger partial charge >= 0.3 is 0 Å². The summed E-state index contributed by atoms with van der Waals surface area (Å²) in [7, 11) is 0. The van der Waals surface area contributed by atoms with Crippen LogP contribution in [-0.4, -0.2) is 229 Å². The number of hydrogen-bond acceptors (Lipinski definition) is 44. The molecule has 135 heavy (non-hydrogen) atoms. The summed E-state index contributed by atoms with van der Waals surface area (Å²) in [6.45, 7) is 0. The molecule has 0 aliphatic carbocycles. The summed E-state index contributed by atoms with van der Waals surface area (Å²) in [6, 6.07) is 35.0. The molecule has 0 fully saturated rings. The van der Waals surface area contributed by atoms with Gasteiger partial charge < -0.3 is 189 Å². The zero-order valence-corrected chi connectivity index (χ0v) is 67.5. The second-order valence-corrected chi connectivity index (χ2v) is 27.4. The molecule has 0 heterocycles. The molecule has 37 N–H and O–H groups in total. The van der Waals surface area contributed by atoms with Gasteiger partial charge in [-0.3, -0.25) is 33.6 Å². The minimum atomic E-state index is -1.03.